The van der Waals surface area contributed by atoms with E-state index in [0.717, 1.165) is 122 Å². The van der Waals surface area contributed by atoms with Gasteiger partial charge in [-0.2, -0.15) is 0 Å². The average molecular weight is 1400 g/mol. The fourth-order valence-electron chi connectivity index (χ4n) is 12.1. The van der Waals surface area contributed by atoms with Crippen LogP contribution in [0.15, 0.2) is 122 Å². The van der Waals surface area contributed by atoms with E-state index in [0.29, 0.717) is 17.4 Å². The molecule has 100 heavy (non-hydrogen) atoms. The highest BCUT2D eigenvalue weighted by Gasteiger charge is 2.22. The first-order valence-corrected chi connectivity index (χ1v) is 42.2. The third-order valence-corrected chi connectivity index (χ3v) is 18.5. The lowest BCUT2D eigenvalue weighted by molar-refractivity contribution is -0.870. The number of ether oxygens (including phenoxy) is 4. The molecule has 0 amide bonds. The fraction of sp³-hybridized carbons (Fsp3) is 0.747. The molecule has 0 radical (unpaired) electrons. The van der Waals surface area contributed by atoms with E-state index in [1.807, 2.05) is 21.1 Å². The minimum Gasteiger partial charge on any atom is -0.545 e. The molecule has 0 spiro atoms. The second kappa shape index (κ2) is 80.4. The van der Waals surface area contributed by atoms with E-state index in [1.54, 1.807) is 0 Å². The largest absolute Gasteiger partial charge is 0.545 e. The minimum atomic E-state index is -1.63. The van der Waals surface area contributed by atoms with E-state index in [1.165, 1.54) is 225 Å². The van der Waals surface area contributed by atoms with Gasteiger partial charge in [0.05, 0.1) is 40.3 Å². The van der Waals surface area contributed by atoms with Gasteiger partial charge >= 0.3 is 11.9 Å². The molecule has 9 heteroatoms. The molecule has 0 saturated heterocycles. The Morgan fingerprint density at radius 2 is 0.570 bits per heavy atom. The summed E-state index contributed by atoms with van der Waals surface area (Å²) < 4.78 is 22.9. The molecule has 576 valence electrons. The number of rotatable bonds is 78. The molecule has 0 aliphatic carbocycles. The van der Waals surface area contributed by atoms with Crippen LogP contribution in [-0.2, 0) is 33.3 Å². The molecule has 0 fully saturated rings. The van der Waals surface area contributed by atoms with Crippen LogP contribution in [0.1, 0.15) is 380 Å². The number of hydrogen-bond acceptors (Lipinski definition) is 8. The van der Waals surface area contributed by atoms with Gasteiger partial charge in [0.15, 0.2) is 12.4 Å². The molecule has 0 bridgehead atoms. The van der Waals surface area contributed by atoms with Gasteiger partial charge in [-0.1, -0.05) is 399 Å². The Labute approximate surface area is 618 Å². The monoisotopic (exact) mass is 1390 g/mol. The van der Waals surface area contributed by atoms with Crippen molar-refractivity contribution in [3.8, 4) is 0 Å². The number of unbranched alkanes of at least 4 members (excludes halogenated alkanes) is 43. The molecule has 9 nitrogen and oxygen atoms in total. The normalized spacial score (nSPS) is 13.2. The van der Waals surface area contributed by atoms with Crippen molar-refractivity contribution in [2.24, 2.45) is 0 Å². The predicted octanol–water partition coefficient (Wildman–Crippen LogP) is 26.1. The first-order chi connectivity index (χ1) is 49.1. The van der Waals surface area contributed by atoms with Crippen LogP contribution in [0.4, 0.5) is 0 Å². The molecule has 0 aromatic rings. The highest BCUT2D eigenvalue weighted by Crippen LogP contribution is 2.19. The maximum Gasteiger partial charge on any atom is 0.306 e. The zero-order valence-electron chi connectivity index (χ0n) is 66.0. The first kappa shape index (κ1) is 95.7. The standard InChI is InChI=1S/C91H159NO8/c1-6-8-10-12-14-16-18-20-22-24-26-28-30-32-34-36-38-40-42-44-46-47-49-51-53-55-57-59-61-63-65-67-69-71-73-75-77-79-81-88(93)98-85-87(86-99-91(90(95)96)97-84-83-92(3,4)5)100-89(94)82-80-78-76-74-72-70-68-66-64-62-60-58-56-54-52-50-48-45-43-41-39-37-35-33-31-29-27-25-23-21-19-17-15-13-11-9-7-2/h9,11,15,17,21,23,27,29,33,35,39,41,45,48,52,54,58,60,64,66,87,91H,6-8,10,12-14,16,18-20,22,24-26,28,30-32,34,36-38,40,42-44,46-47,49-51,53,55-57,59,61-63,65,67-86H2,1-5H3/b11-9-,17-15-,23-21-,29-27-,35-33-,41-39-,48-45-,54-52-,60-58-,66-64-. The van der Waals surface area contributed by atoms with Gasteiger partial charge in [-0.25, -0.2) is 0 Å². The summed E-state index contributed by atoms with van der Waals surface area (Å²) in [6.07, 6.45) is 112. The quantitative estimate of drug-likeness (QED) is 0.0195. The predicted molar refractivity (Wildman–Crippen MR) is 430 cm³/mol. The number of allylic oxidation sites excluding steroid dienone is 20. The van der Waals surface area contributed by atoms with Crippen LogP contribution in [0, 0.1) is 0 Å². The maximum absolute atomic E-state index is 13.0. The van der Waals surface area contributed by atoms with Gasteiger partial charge in [-0.3, -0.25) is 9.59 Å². The smallest absolute Gasteiger partial charge is 0.306 e. The van der Waals surface area contributed by atoms with Crippen LogP contribution < -0.4 is 5.11 Å². The highest BCUT2D eigenvalue weighted by molar-refractivity contribution is 5.70. The van der Waals surface area contributed by atoms with Crippen LogP contribution >= 0.6 is 0 Å². The lowest BCUT2D eigenvalue weighted by Gasteiger charge is -2.26. The van der Waals surface area contributed by atoms with E-state index in [4.69, 9.17) is 18.9 Å². The number of esters is 2. The van der Waals surface area contributed by atoms with Gasteiger partial charge in [-0.05, 0) is 89.9 Å². The van der Waals surface area contributed by atoms with Crippen molar-refractivity contribution in [2.75, 3.05) is 47.5 Å². The average Bonchev–Trinajstić information content (AvgIpc) is 1.14. The fourth-order valence-corrected chi connectivity index (χ4v) is 12.1. The van der Waals surface area contributed by atoms with E-state index >= 15 is 0 Å². The third-order valence-electron chi connectivity index (χ3n) is 18.5. The summed E-state index contributed by atoms with van der Waals surface area (Å²) in [5.74, 6) is -2.29. The van der Waals surface area contributed by atoms with Crippen molar-refractivity contribution in [1.82, 2.24) is 0 Å². The number of carbonyl (C=O) groups is 3. The van der Waals surface area contributed by atoms with Gasteiger partial charge < -0.3 is 33.3 Å². The number of likely N-dealkylation sites (N-methyl/N-ethyl adjacent to an activating group) is 1. The van der Waals surface area contributed by atoms with Crippen LogP contribution in [0.5, 0.6) is 0 Å². The Morgan fingerprint density at radius 3 is 0.850 bits per heavy atom. The number of carboxylic acids is 1. The molecule has 0 aromatic heterocycles. The van der Waals surface area contributed by atoms with Gasteiger partial charge in [0.25, 0.3) is 0 Å². The van der Waals surface area contributed by atoms with Crippen molar-refractivity contribution in [2.45, 2.75) is 392 Å². The van der Waals surface area contributed by atoms with E-state index in [-0.39, 0.29) is 38.6 Å². The van der Waals surface area contributed by atoms with Crippen molar-refractivity contribution >= 4 is 17.9 Å². The van der Waals surface area contributed by atoms with Crippen LogP contribution in [-0.4, -0.2) is 82.3 Å². The van der Waals surface area contributed by atoms with Crippen molar-refractivity contribution in [1.29, 1.82) is 0 Å². The summed E-state index contributed by atoms with van der Waals surface area (Å²) in [5, 5.41) is 11.9. The maximum atomic E-state index is 13.0. The van der Waals surface area contributed by atoms with Gasteiger partial charge in [0.1, 0.15) is 13.2 Å². The number of carboxylic acid groups (broad SMARTS) is 1. The van der Waals surface area contributed by atoms with Crippen LogP contribution in [0.25, 0.3) is 0 Å². The Hall–Kier alpha value is -4.31. The molecule has 0 N–H and O–H groups in total. The first-order valence-electron chi connectivity index (χ1n) is 42.2. The number of quaternary nitrogens is 1. The summed E-state index contributed by atoms with van der Waals surface area (Å²) >= 11 is 0. The minimum absolute atomic E-state index is 0.140. The lowest BCUT2D eigenvalue weighted by Crippen LogP contribution is -2.44. The number of carbonyl (C=O) groups excluding carboxylic acids is 3. The Bertz CT molecular complexity index is 2070. The number of aliphatic carboxylic acids is 1. The van der Waals surface area contributed by atoms with Gasteiger partial charge in [0, 0.05) is 12.8 Å². The summed E-state index contributed by atoms with van der Waals surface area (Å²) in [5.41, 5.74) is 0. The van der Waals surface area contributed by atoms with E-state index in [9.17, 15) is 19.5 Å². The van der Waals surface area contributed by atoms with Gasteiger partial charge in [-0.15, -0.1) is 0 Å². The highest BCUT2D eigenvalue weighted by atomic mass is 16.7. The number of nitrogens with zero attached hydrogens (tertiary/aromatic N) is 1. The molecule has 0 rings (SSSR count). The SMILES string of the molecule is CC/C=C\C/C=C\C/C=C\C/C=C\C/C=C\C/C=C\C/C=C\C/C=C\C/C=C\C/C=C\CCCCCCCCC(=O)OC(COC(=O)CCCCCCCCCCCCCCCCCCCCCCCCCCCCCCCCCCCCCCCC)COC(OCC[N+](C)(C)C)C(=O)[O-]. The summed E-state index contributed by atoms with van der Waals surface area (Å²) in [4.78, 5) is 37.6. The summed E-state index contributed by atoms with van der Waals surface area (Å²) in [7, 11) is 5.93. The van der Waals surface area contributed by atoms with Gasteiger partial charge in [0.2, 0.25) is 0 Å². The van der Waals surface area contributed by atoms with Crippen LogP contribution in [0.3, 0.4) is 0 Å². The second-order valence-electron chi connectivity index (χ2n) is 29.4. The van der Waals surface area contributed by atoms with E-state index in [2.05, 4.69) is 135 Å². The Morgan fingerprint density at radius 1 is 0.310 bits per heavy atom. The molecule has 2 unspecified atom stereocenters. The number of hydrogen-bond donors (Lipinski definition) is 0. The van der Waals surface area contributed by atoms with Crippen molar-refractivity contribution < 1.29 is 42.9 Å². The molecular weight excluding hydrogens is 1230 g/mol. The zero-order chi connectivity index (χ0) is 72.5. The summed E-state index contributed by atoms with van der Waals surface area (Å²) in [6, 6.07) is 0. The van der Waals surface area contributed by atoms with Crippen LogP contribution in [0.2, 0.25) is 0 Å². The molecule has 0 heterocycles. The molecule has 0 aliphatic rings. The Balaban J connectivity index is 4.05. The molecule has 0 aromatic carbocycles. The van der Waals surface area contributed by atoms with Crippen molar-refractivity contribution in [3.05, 3.63) is 122 Å². The second-order valence-corrected chi connectivity index (χ2v) is 29.4. The third kappa shape index (κ3) is 81.0. The molecule has 0 aliphatic heterocycles. The lowest BCUT2D eigenvalue weighted by atomic mass is 10.0. The topological polar surface area (TPSA) is 111 Å². The molecular formula is C91H159NO8. The zero-order valence-corrected chi connectivity index (χ0v) is 66.0. The molecule has 0 saturated carbocycles. The Kier molecular flexibility index (Phi) is 76.9. The summed E-state index contributed by atoms with van der Waals surface area (Å²) in [6.45, 7) is 4.66. The van der Waals surface area contributed by atoms with E-state index < -0.39 is 24.3 Å². The molecule has 2 atom stereocenters. The van der Waals surface area contributed by atoms with Crippen molar-refractivity contribution in [3.63, 3.8) is 0 Å².